The quantitative estimate of drug-likeness (QED) is 0.0307. The Morgan fingerprint density at radius 3 is 1.38 bits per heavy atom. The monoisotopic (exact) mass is 756 g/mol. The van der Waals surface area contributed by atoms with Crippen LogP contribution < -0.4 is 14.2 Å². The molecule has 2 heterocycles. The summed E-state index contributed by atoms with van der Waals surface area (Å²) in [6, 6.07) is 29.2. The van der Waals surface area contributed by atoms with E-state index < -0.39 is 5.41 Å². The molecule has 6 nitrogen and oxygen atoms in total. The first-order valence-corrected chi connectivity index (χ1v) is 20.2. The second-order valence-electron chi connectivity index (χ2n) is 15.4. The van der Waals surface area contributed by atoms with Crippen LogP contribution in [0.5, 0.6) is 17.2 Å². The lowest BCUT2D eigenvalue weighted by molar-refractivity contribution is 0.146. The Morgan fingerprint density at radius 2 is 0.964 bits per heavy atom. The second kappa shape index (κ2) is 19.0. The molecule has 3 atom stereocenters. The van der Waals surface area contributed by atoms with E-state index in [0.717, 1.165) is 72.8 Å². The van der Waals surface area contributed by atoms with E-state index in [4.69, 9.17) is 28.4 Å². The molecule has 4 aromatic rings. The van der Waals surface area contributed by atoms with E-state index in [9.17, 15) is 0 Å². The molecule has 2 aliphatic heterocycles. The Hall–Kier alpha value is -4.62. The molecule has 4 aromatic carbocycles. The van der Waals surface area contributed by atoms with Gasteiger partial charge in [-0.05, 0) is 95.3 Å². The lowest BCUT2D eigenvalue weighted by atomic mass is 9.68. The van der Waals surface area contributed by atoms with Gasteiger partial charge in [0, 0.05) is 30.8 Å². The molecule has 2 fully saturated rings. The van der Waals surface area contributed by atoms with Crippen molar-refractivity contribution in [1.29, 1.82) is 0 Å². The summed E-state index contributed by atoms with van der Waals surface area (Å²) in [5.41, 5.74) is 8.71. The highest BCUT2D eigenvalue weighted by molar-refractivity contribution is 5.56. The Labute approximate surface area is 335 Å². The molecule has 0 radical (unpaired) electrons. The number of epoxide rings is 2. The molecule has 0 aliphatic carbocycles. The number of hydrogen-bond donors (Lipinski definition) is 0. The third-order valence-electron chi connectivity index (χ3n) is 11.6. The summed E-state index contributed by atoms with van der Waals surface area (Å²) < 4.78 is 34.8. The topological polar surface area (TPSA) is 62.0 Å². The predicted molar refractivity (Wildman–Crippen MR) is 227 cm³/mol. The fourth-order valence-corrected chi connectivity index (χ4v) is 7.62. The highest BCUT2D eigenvalue weighted by Gasteiger charge is 2.35. The summed E-state index contributed by atoms with van der Waals surface area (Å²) in [6.07, 6.45) is 11.3. The summed E-state index contributed by atoms with van der Waals surface area (Å²) in [5, 5.41) is 0. The zero-order valence-electron chi connectivity index (χ0n) is 33.9. The summed E-state index contributed by atoms with van der Waals surface area (Å²) in [5.74, 6) is 2.67. The smallest absolute Gasteiger partial charge is 0.122 e. The maximum absolute atomic E-state index is 6.32. The van der Waals surface area contributed by atoms with Gasteiger partial charge in [-0.1, -0.05) is 92.7 Å². The van der Waals surface area contributed by atoms with Crippen LogP contribution in [-0.4, -0.2) is 59.0 Å². The van der Waals surface area contributed by atoms with Crippen LogP contribution in [0.25, 0.3) is 0 Å². The predicted octanol–water partition coefficient (Wildman–Crippen LogP) is 10.3. The average Bonchev–Trinajstić information content (AvgIpc) is 4.17. The molecule has 2 aliphatic rings. The third-order valence-corrected chi connectivity index (χ3v) is 11.6. The molecule has 6 heteroatoms. The van der Waals surface area contributed by atoms with Crippen molar-refractivity contribution >= 4 is 0 Å². The van der Waals surface area contributed by atoms with Gasteiger partial charge in [-0.3, -0.25) is 0 Å². The van der Waals surface area contributed by atoms with Gasteiger partial charge in [-0.2, -0.15) is 0 Å². The van der Waals surface area contributed by atoms with Crippen molar-refractivity contribution in [2.75, 3.05) is 46.8 Å². The van der Waals surface area contributed by atoms with Gasteiger partial charge < -0.3 is 28.4 Å². The van der Waals surface area contributed by atoms with Crippen LogP contribution in [0.4, 0.5) is 0 Å². The largest absolute Gasteiger partial charge is 0.493 e. The van der Waals surface area contributed by atoms with Crippen LogP contribution in [0.2, 0.25) is 0 Å². The SMILES string of the molecule is C=CCc1cc(C(C)(CC)c2ccc(C(C)(c3ccc(OCCC4CO4)c(CC=C)c3)c3ccc(OCCC4CO4)c(CC=C)c3)cc2)ccc1OCCOC. The average molecular weight is 757 g/mol. The molecule has 0 spiro atoms. The molecule has 0 N–H and O–H groups in total. The lowest BCUT2D eigenvalue weighted by Crippen LogP contribution is -2.27. The van der Waals surface area contributed by atoms with Crippen molar-refractivity contribution in [3.63, 3.8) is 0 Å². The second-order valence-corrected chi connectivity index (χ2v) is 15.4. The van der Waals surface area contributed by atoms with Crippen molar-refractivity contribution < 1.29 is 28.4 Å². The first kappa shape index (κ1) is 41.0. The Bertz CT molecular complexity index is 1860. The highest BCUT2D eigenvalue weighted by Crippen LogP contribution is 2.44. The molecule has 0 saturated carbocycles. The van der Waals surface area contributed by atoms with E-state index in [1.165, 1.54) is 27.8 Å². The standard InChI is InChI=1S/C50H60O6/c1-8-12-36-31-41(19-22-48(36)54-30-29-51-7)49(5,11-4)39-15-17-40(18-16-39)50(6,42-20-23-46(37(32-42)13-9-2)52-27-25-44-34-55-44)43-21-24-47(38(33-43)14-10-3)53-28-26-45-35-56-45/h8-10,15-24,31-33,44-45H,1-3,11-14,25-30,34-35H2,4-7H3. The van der Waals surface area contributed by atoms with Crippen LogP contribution in [-0.2, 0) is 44.3 Å². The van der Waals surface area contributed by atoms with Crippen LogP contribution in [0, 0.1) is 0 Å². The molecule has 56 heavy (non-hydrogen) atoms. The van der Waals surface area contributed by atoms with E-state index in [-0.39, 0.29) is 5.41 Å². The summed E-state index contributed by atoms with van der Waals surface area (Å²) in [6.45, 7) is 23.1. The zero-order chi connectivity index (χ0) is 39.5. The number of rotatable bonds is 24. The first-order valence-electron chi connectivity index (χ1n) is 20.2. The highest BCUT2D eigenvalue weighted by atomic mass is 16.6. The van der Waals surface area contributed by atoms with Gasteiger partial charge >= 0.3 is 0 Å². The lowest BCUT2D eigenvalue weighted by Gasteiger charge is -2.35. The number of allylic oxidation sites excluding steroid dienone is 3. The van der Waals surface area contributed by atoms with Gasteiger partial charge in [-0.15, -0.1) is 19.7 Å². The van der Waals surface area contributed by atoms with Crippen molar-refractivity contribution in [1.82, 2.24) is 0 Å². The van der Waals surface area contributed by atoms with Gasteiger partial charge in [-0.25, -0.2) is 0 Å². The number of methoxy groups -OCH3 is 1. The minimum atomic E-state index is -0.508. The van der Waals surface area contributed by atoms with E-state index >= 15 is 0 Å². The zero-order valence-corrected chi connectivity index (χ0v) is 33.9. The molecule has 2 saturated heterocycles. The van der Waals surface area contributed by atoms with Crippen LogP contribution in [0.1, 0.15) is 84.5 Å². The van der Waals surface area contributed by atoms with Gasteiger partial charge in [0.1, 0.15) is 23.9 Å². The number of ether oxygens (including phenoxy) is 6. The molecule has 6 rings (SSSR count). The summed E-state index contributed by atoms with van der Waals surface area (Å²) in [7, 11) is 1.69. The third kappa shape index (κ3) is 9.66. The Morgan fingerprint density at radius 1 is 0.571 bits per heavy atom. The molecular weight excluding hydrogens is 697 g/mol. The minimum Gasteiger partial charge on any atom is -0.493 e. The first-order chi connectivity index (χ1) is 27.3. The fraction of sp³-hybridized carbons (Fsp3) is 0.400. The van der Waals surface area contributed by atoms with E-state index in [2.05, 4.69) is 119 Å². The van der Waals surface area contributed by atoms with Gasteiger partial charge in [0.15, 0.2) is 0 Å². The Balaban J connectivity index is 1.39. The van der Waals surface area contributed by atoms with Crippen LogP contribution in [0.15, 0.2) is 117 Å². The van der Waals surface area contributed by atoms with Gasteiger partial charge in [0.05, 0.1) is 45.2 Å². The number of benzene rings is 4. The summed E-state index contributed by atoms with van der Waals surface area (Å²) in [4.78, 5) is 0. The maximum atomic E-state index is 6.32. The van der Waals surface area contributed by atoms with E-state index in [0.29, 0.717) is 51.5 Å². The van der Waals surface area contributed by atoms with Crippen LogP contribution >= 0.6 is 0 Å². The van der Waals surface area contributed by atoms with Crippen molar-refractivity contribution in [2.45, 2.75) is 82.3 Å². The van der Waals surface area contributed by atoms with Crippen molar-refractivity contribution in [2.24, 2.45) is 0 Å². The molecule has 0 aromatic heterocycles. The Kier molecular flexibility index (Phi) is 13.9. The molecule has 296 valence electrons. The molecule has 3 unspecified atom stereocenters. The minimum absolute atomic E-state index is 0.223. The molecule has 0 amide bonds. The molecule has 0 bridgehead atoms. The van der Waals surface area contributed by atoms with Gasteiger partial charge in [0.2, 0.25) is 0 Å². The van der Waals surface area contributed by atoms with Gasteiger partial charge in [0.25, 0.3) is 0 Å². The normalized spacial score (nSPS) is 17.9. The summed E-state index contributed by atoms with van der Waals surface area (Å²) >= 11 is 0. The van der Waals surface area contributed by atoms with Crippen molar-refractivity contribution in [3.05, 3.63) is 161 Å². The molecular formula is C50H60O6. The number of hydrogen-bond acceptors (Lipinski definition) is 6. The van der Waals surface area contributed by atoms with Crippen molar-refractivity contribution in [3.8, 4) is 17.2 Å². The fourth-order valence-electron chi connectivity index (χ4n) is 7.62. The van der Waals surface area contributed by atoms with E-state index in [1.807, 2.05) is 18.2 Å². The van der Waals surface area contributed by atoms with Crippen LogP contribution in [0.3, 0.4) is 0 Å². The maximum Gasteiger partial charge on any atom is 0.122 e. The van der Waals surface area contributed by atoms with E-state index in [1.54, 1.807) is 7.11 Å².